The highest BCUT2D eigenvalue weighted by atomic mass is 16.7. The van der Waals surface area contributed by atoms with E-state index in [-0.39, 0.29) is 12.5 Å². The Bertz CT molecular complexity index is 1210. The zero-order valence-electron chi connectivity index (χ0n) is 44.1. The van der Waals surface area contributed by atoms with E-state index in [1.165, 1.54) is 193 Å². The minimum absolute atomic E-state index is 0.190. The number of unbranched alkanes of at least 4 members (excludes halogenated alkanes) is 33. The monoisotopic (exact) mass is 960 g/mol. The van der Waals surface area contributed by atoms with Crippen molar-refractivity contribution in [2.75, 3.05) is 13.2 Å². The Hall–Kier alpha value is -1.85. The van der Waals surface area contributed by atoms with E-state index < -0.39 is 49.5 Å². The molecule has 6 N–H and O–H groups in total. The Labute approximate surface area is 418 Å². The molecule has 1 saturated heterocycles. The van der Waals surface area contributed by atoms with Crippen molar-refractivity contribution in [1.82, 2.24) is 5.32 Å². The van der Waals surface area contributed by atoms with Gasteiger partial charge in [-0.1, -0.05) is 242 Å². The molecule has 1 aliphatic heterocycles. The maximum Gasteiger partial charge on any atom is 0.220 e. The second kappa shape index (κ2) is 48.8. The fraction of sp³-hybridized carbons (Fsp3) is 0.847. The fourth-order valence-corrected chi connectivity index (χ4v) is 9.03. The molecule has 1 amide bonds. The number of allylic oxidation sites excluding steroid dienone is 7. The van der Waals surface area contributed by atoms with E-state index in [1.54, 1.807) is 6.08 Å². The highest BCUT2D eigenvalue weighted by Crippen LogP contribution is 2.23. The fourth-order valence-electron chi connectivity index (χ4n) is 9.03. The third-order valence-corrected chi connectivity index (χ3v) is 13.6. The summed E-state index contributed by atoms with van der Waals surface area (Å²) in [7, 11) is 0. The molecule has 0 radical (unpaired) electrons. The zero-order chi connectivity index (χ0) is 49.4. The van der Waals surface area contributed by atoms with E-state index in [0.717, 1.165) is 51.4 Å². The molecule has 0 saturated carbocycles. The van der Waals surface area contributed by atoms with Gasteiger partial charge in [0, 0.05) is 6.42 Å². The van der Waals surface area contributed by atoms with Gasteiger partial charge in [0.15, 0.2) is 6.29 Å². The molecule has 7 unspecified atom stereocenters. The summed E-state index contributed by atoms with van der Waals surface area (Å²) < 4.78 is 11.3. The third kappa shape index (κ3) is 37.9. The first-order chi connectivity index (χ1) is 33.3. The van der Waals surface area contributed by atoms with Gasteiger partial charge < -0.3 is 40.3 Å². The van der Waals surface area contributed by atoms with E-state index in [9.17, 15) is 30.3 Å². The average Bonchev–Trinajstić information content (AvgIpc) is 3.34. The maximum atomic E-state index is 13.0. The summed E-state index contributed by atoms with van der Waals surface area (Å²) in [5.74, 6) is -0.190. The molecule has 9 heteroatoms. The summed E-state index contributed by atoms with van der Waals surface area (Å²) in [4.78, 5) is 13.0. The van der Waals surface area contributed by atoms with Crippen molar-refractivity contribution in [3.8, 4) is 0 Å². The topological polar surface area (TPSA) is 149 Å². The molecule has 0 aromatic rings. The Morgan fingerprint density at radius 1 is 0.500 bits per heavy atom. The third-order valence-electron chi connectivity index (χ3n) is 13.6. The van der Waals surface area contributed by atoms with Crippen LogP contribution in [0.25, 0.3) is 0 Å². The number of hydrogen-bond acceptors (Lipinski definition) is 8. The van der Waals surface area contributed by atoms with Crippen LogP contribution in [-0.4, -0.2) is 87.5 Å². The number of carbonyl (C=O) groups excluding carboxylic acids is 1. The number of aliphatic hydroxyl groups is 5. The van der Waals surface area contributed by atoms with E-state index in [4.69, 9.17) is 9.47 Å². The molecule has 0 aromatic heterocycles. The van der Waals surface area contributed by atoms with Crippen LogP contribution >= 0.6 is 0 Å². The summed E-state index contributed by atoms with van der Waals surface area (Å²) in [5.41, 5.74) is 0. The van der Waals surface area contributed by atoms with Gasteiger partial charge in [0.2, 0.25) is 5.91 Å². The molecule has 9 nitrogen and oxygen atoms in total. The molecule has 1 heterocycles. The van der Waals surface area contributed by atoms with Gasteiger partial charge in [-0.15, -0.1) is 0 Å². The first-order valence-corrected chi connectivity index (χ1v) is 28.9. The van der Waals surface area contributed by atoms with Crippen molar-refractivity contribution < 1.29 is 39.8 Å². The van der Waals surface area contributed by atoms with Gasteiger partial charge in [-0.25, -0.2) is 0 Å². The van der Waals surface area contributed by atoms with Crippen LogP contribution in [0.5, 0.6) is 0 Å². The number of aliphatic hydroxyl groups excluding tert-OH is 5. The molecule has 0 spiro atoms. The smallest absolute Gasteiger partial charge is 0.220 e. The molecule has 0 bridgehead atoms. The summed E-state index contributed by atoms with van der Waals surface area (Å²) >= 11 is 0. The van der Waals surface area contributed by atoms with Gasteiger partial charge in [0.05, 0.1) is 25.4 Å². The number of carbonyl (C=O) groups is 1. The second-order valence-corrected chi connectivity index (χ2v) is 20.1. The van der Waals surface area contributed by atoms with Gasteiger partial charge in [0.25, 0.3) is 0 Å². The van der Waals surface area contributed by atoms with E-state index >= 15 is 0 Å². The molecule has 68 heavy (non-hydrogen) atoms. The lowest BCUT2D eigenvalue weighted by Crippen LogP contribution is -2.60. The first-order valence-electron chi connectivity index (χ1n) is 28.9. The van der Waals surface area contributed by atoms with Gasteiger partial charge in [-0.05, 0) is 64.2 Å². The molecule has 1 aliphatic rings. The van der Waals surface area contributed by atoms with E-state index in [2.05, 4.69) is 55.6 Å². The maximum absolute atomic E-state index is 13.0. The highest BCUT2D eigenvalue weighted by Gasteiger charge is 2.44. The average molecular weight is 961 g/mol. The normalized spacial score (nSPS) is 19.9. The Balaban J connectivity index is 2.26. The summed E-state index contributed by atoms with van der Waals surface area (Å²) in [6, 6.07) is -0.826. The Morgan fingerprint density at radius 2 is 0.882 bits per heavy atom. The van der Waals surface area contributed by atoms with Crippen LogP contribution in [0.3, 0.4) is 0 Å². The number of hydrogen-bond donors (Lipinski definition) is 6. The lowest BCUT2D eigenvalue weighted by atomic mass is 9.99. The van der Waals surface area contributed by atoms with Crippen LogP contribution in [0, 0.1) is 0 Å². The Kier molecular flexibility index (Phi) is 46.0. The van der Waals surface area contributed by atoms with Gasteiger partial charge >= 0.3 is 0 Å². The van der Waals surface area contributed by atoms with Crippen molar-refractivity contribution in [3.63, 3.8) is 0 Å². The lowest BCUT2D eigenvalue weighted by Gasteiger charge is -2.40. The summed E-state index contributed by atoms with van der Waals surface area (Å²) in [6.07, 6.45) is 57.5. The minimum atomic E-state index is -1.57. The van der Waals surface area contributed by atoms with Crippen LogP contribution in [0.2, 0.25) is 0 Å². The van der Waals surface area contributed by atoms with E-state index in [1.807, 2.05) is 6.08 Å². The molecule has 0 aliphatic carbocycles. The summed E-state index contributed by atoms with van der Waals surface area (Å²) in [6.45, 7) is 3.77. The second-order valence-electron chi connectivity index (χ2n) is 20.1. The number of rotatable bonds is 49. The predicted molar refractivity (Wildman–Crippen MR) is 286 cm³/mol. The molecule has 0 aromatic carbocycles. The quantitative estimate of drug-likeness (QED) is 0.0261. The predicted octanol–water partition coefficient (Wildman–Crippen LogP) is 14.1. The van der Waals surface area contributed by atoms with Crippen LogP contribution in [0.15, 0.2) is 48.6 Å². The number of amides is 1. The lowest BCUT2D eigenvalue weighted by molar-refractivity contribution is -0.302. The van der Waals surface area contributed by atoms with Crippen LogP contribution in [0.1, 0.15) is 264 Å². The van der Waals surface area contributed by atoms with E-state index in [0.29, 0.717) is 6.42 Å². The molecule has 1 fully saturated rings. The SMILES string of the molecule is CCCCCCC/C=C\C/C=C\CCCCCCCCCCCC(=O)NC(COC1OC(CO)C(O)C(O)C1O)C(O)/C=C/CC/C=C/CCCCCCCCCCCCCCCCCCCC. The molecule has 398 valence electrons. The molecule has 1 rings (SSSR count). The summed E-state index contributed by atoms with van der Waals surface area (Å²) in [5, 5.41) is 54.5. The van der Waals surface area contributed by atoms with Crippen LogP contribution < -0.4 is 5.32 Å². The zero-order valence-corrected chi connectivity index (χ0v) is 44.1. The van der Waals surface area contributed by atoms with Crippen LogP contribution in [0.4, 0.5) is 0 Å². The van der Waals surface area contributed by atoms with Crippen molar-refractivity contribution in [2.45, 2.75) is 307 Å². The Morgan fingerprint density at radius 3 is 1.32 bits per heavy atom. The van der Waals surface area contributed by atoms with Crippen molar-refractivity contribution in [2.24, 2.45) is 0 Å². The molecular formula is C59H109NO8. The van der Waals surface area contributed by atoms with Gasteiger partial charge in [-0.2, -0.15) is 0 Å². The number of nitrogens with one attached hydrogen (secondary N) is 1. The molecular weight excluding hydrogens is 851 g/mol. The van der Waals surface area contributed by atoms with Gasteiger partial charge in [0.1, 0.15) is 24.4 Å². The first kappa shape index (κ1) is 64.2. The van der Waals surface area contributed by atoms with Crippen molar-refractivity contribution in [3.05, 3.63) is 48.6 Å². The van der Waals surface area contributed by atoms with Crippen molar-refractivity contribution in [1.29, 1.82) is 0 Å². The number of ether oxygens (including phenoxy) is 2. The highest BCUT2D eigenvalue weighted by molar-refractivity contribution is 5.76. The standard InChI is InChI=1S/C59H109NO8/c1-3-5-7-9-11-13-15-17-19-21-23-25-26-27-29-30-32-34-36-38-40-42-44-46-48-53(62)52(51-67-59-58(66)57(65)56(64)54(50-61)68-59)60-55(63)49-47-45-43-41-39-37-35-33-31-28-24-22-20-18-16-14-12-10-8-6-4-2/h16,18,22,24,38,40,46,48,52-54,56-59,61-62,64-66H,3-15,17,19-21,23,25-37,39,41-45,47,49-51H2,1-2H3,(H,60,63)/b18-16-,24-22-,40-38+,48-46+. The van der Waals surface area contributed by atoms with Crippen LogP contribution in [-0.2, 0) is 14.3 Å². The minimum Gasteiger partial charge on any atom is -0.394 e. The molecule has 7 atom stereocenters. The largest absolute Gasteiger partial charge is 0.394 e. The van der Waals surface area contributed by atoms with Crippen molar-refractivity contribution >= 4 is 5.91 Å². The van der Waals surface area contributed by atoms with Gasteiger partial charge in [-0.3, -0.25) is 4.79 Å².